The van der Waals surface area contributed by atoms with Gasteiger partial charge in [-0.1, -0.05) is 12.1 Å². The van der Waals surface area contributed by atoms with Crippen LogP contribution in [0.3, 0.4) is 0 Å². The van der Waals surface area contributed by atoms with Gasteiger partial charge in [0.15, 0.2) is 6.61 Å². The summed E-state index contributed by atoms with van der Waals surface area (Å²) in [6.07, 6.45) is 0. The maximum absolute atomic E-state index is 11.8. The van der Waals surface area contributed by atoms with Crippen molar-refractivity contribution in [1.82, 2.24) is 4.90 Å². The third-order valence-corrected chi connectivity index (χ3v) is 2.72. The lowest BCUT2D eigenvalue weighted by Crippen LogP contribution is -2.43. The Kier molecular flexibility index (Phi) is 4.15. The van der Waals surface area contributed by atoms with E-state index in [0.717, 1.165) is 0 Å². The average molecular weight is 246 g/mol. The fourth-order valence-corrected chi connectivity index (χ4v) is 1.73. The maximum Gasteiger partial charge on any atom is 0.260 e. The average Bonchev–Trinajstić information content (AvgIpc) is 2.46. The fraction of sp³-hybridized carbons (Fsp3) is 0.385. The number of hydrogen-bond acceptors (Lipinski definition) is 4. The molecule has 1 saturated heterocycles. The van der Waals surface area contributed by atoms with Crippen molar-refractivity contribution in [2.24, 2.45) is 0 Å². The minimum Gasteiger partial charge on any atom is -0.482 e. The number of morpholine rings is 1. The number of amides is 1. The minimum atomic E-state index is -0.0777. The Balaban J connectivity index is 1.91. The summed E-state index contributed by atoms with van der Waals surface area (Å²) in [7, 11) is 0. The fourth-order valence-electron chi connectivity index (χ4n) is 1.73. The van der Waals surface area contributed by atoms with Crippen LogP contribution in [-0.4, -0.2) is 43.7 Å². The van der Waals surface area contributed by atoms with E-state index < -0.39 is 0 Å². The number of carbonyl (C=O) groups is 1. The van der Waals surface area contributed by atoms with E-state index in [9.17, 15) is 4.79 Å². The van der Waals surface area contributed by atoms with Gasteiger partial charge < -0.3 is 14.4 Å². The number of ether oxygens (including phenoxy) is 2. The van der Waals surface area contributed by atoms with Crippen LogP contribution in [0.15, 0.2) is 24.3 Å². The molecule has 1 aromatic rings. The summed E-state index contributed by atoms with van der Waals surface area (Å²) in [5.41, 5.74) is 0.437. The number of nitriles is 1. The maximum atomic E-state index is 11.8. The van der Waals surface area contributed by atoms with Gasteiger partial charge >= 0.3 is 0 Å². The van der Waals surface area contributed by atoms with Crippen LogP contribution in [0.25, 0.3) is 0 Å². The first-order valence-corrected chi connectivity index (χ1v) is 5.78. The van der Waals surface area contributed by atoms with Crippen molar-refractivity contribution in [3.05, 3.63) is 29.8 Å². The van der Waals surface area contributed by atoms with Crippen LogP contribution in [0.1, 0.15) is 5.56 Å². The molecule has 18 heavy (non-hydrogen) atoms. The molecular formula is C13H14N2O3. The van der Waals surface area contributed by atoms with Gasteiger partial charge in [-0.25, -0.2) is 0 Å². The van der Waals surface area contributed by atoms with E-state index in [4.69, 9.17) is 14.7 Å². The molecule has 1 aromatic carbocycles. The molecule has 0 radical (unpaired) electrons. The Morgan fingerprint density at radius 1 is 1.39 bits per heavy atom. The van der Waals surface area contributed by atoms with Gasteiger partial charge in [-0.15, -0.1) is 0 Å². The second-order valence-corrected chi connectivity index (χ2v) is 3.89. The normalized spacial score (nSPS) is 14.9. The number of para-hydroxylation sites is 1. The summed E-state index contributed by atoms with van der Waals surface area (Å²) in [6, 6.07) is 8.91. The van der Waals surface area contributed by atoms with Crippen LogP contribution in [0, 0.1) is 11.3 Å². The number of nitrogens with zero attached hydrogens (tertiary/aromatic N) is 2. The van der Waals surface area contributed by atoms with E-state index in [1.54, 1.807) is 29.2 Å². The molecule has 1 aliphatic heterocycles. The highest BCUT2D eigenvalue weighted by Gasteiger charge is 2.17. The van der Waals surface area contributed by atoms with Gasteiger partial charge in [-0.2, -0.15) is 5.26 Å². The summed E-state index contributed by atoms with van der Waals surface area (Å²) >= 11 is 0. The van der Waals surface area contributed by atoms with Crippen LogP contribution in [0.5, 0.6) is 5.75 Å². The summed E-state index contributed by atoms with van der Waals surface area (Å²) in [5.74, 6) is 0.368. The Morgan fingerprint density at radius 3 is 2.83 bits per heavy atom. The molecular weight excluding hydrogens is 232 g/mol. The van der Waals surface area contributed by atoms with E-state index in [2.05, 4.69) is 0 Å². The zero-order valence-corrected chi connectivity index (χ0v) is 9.96. The van der Waals surface area contributed by atoms with Crippen molar-refractivity contribution in [3.63, 3.8) is 0 Å². The topological polar surface area (TPSA) is 62.6 Å². The van der Waals surface area contributed by atoms with E-state index in [1.165, 1.54) is 0 Å². The molecule has 1 amide bonds. The molecule has 0 atom stereocenters. The zero-order chi connectivity index (χ0) is 12.8. The van der Waals surface area contributed by atoms with Gasteiger partial charge in [-0.05, 0) is 12.1 Å². The van der Waals surface area contributed by atoms with Crippen molar-refractivity contribution < 1.29 is 14.3 Å². The van der Waals surface area contributed by atoms with Crippen molar-refractivity contribution >= 4 is 5.91 Å². The molecule has 0 aromatic heterocycles. The van der Waals surface area contributed by atoms with Crippen molar-refractivity contribution in [2.45, 2.75) is 0 Å². The molecule has 0 unspecified atom stereocenters. The minimum absolute atomic E-state index is 0.0430. The Morgan fingerprint density at radius 2 is 2.11 bits per heavy atom. The number of carbonyl (C=O) groups excluding carboxylic acids is 1. The Hall–Kier alpha value is -2.06. The SMILES string of the molecule is N#Cc1ccccc1OCC(=O)N1CCOCC1. The number of rotatable bonds is 3. The first-order chi connectivity index (χ1) is 8.81. The summed E-state index contributed by atoms with van der Waals surface area (Å²) in [6.45, 7) is 2.30. The van der Waals surface area contributed by atoms with E-state index in [0.29, 0.717) is 37.6 Å². The first kappa shape index (κ1) is 12.4. The smallest absolute Gasteiger partial charge is 0.260 e. The van der Waals surface area contributed by atoms with Gasteiger partial charge in [0.1, 0.15) is 11.8 Å². The molecule has 5 nitrogen and oxygen atoms in total. The molecule has 0 aliphatic carbocycles. The largest absolute Gasteiger partial charge is 0.482 e. The molecule has 2 rings (SSSR count). The third-order valence-electron chi connectivity index (χ3n) is 2.72. The van der Waals surface area contributed by atoms with E-state index >= 15 is 0 Å². The van der Waals surface area contributed by atoms with E-state index in [1.807, 2.05) is 6.07 Å². The lowest BCUT2D eigenvalue weighted by Gasteiger charge is -2.26. The molecule has 1 heterocycles. The highest BCUT2D eigenvalue weighted by molar-refractivity contribution is 5.78. The lowest BCUT2D eigenvalue weighted by molar-refractivity contribution is -0.137. The third kappa shape index (κ3) is 2.99. The number of benzene rings is 1. The molecule has 94 valence electrons. The molecule has 0 spiro atoms. The van der Waals surface area contributed by atoms with Crippen LogP contribution in [0.4, 0.5) is 0 Å². The molecule has 0 bridgehead atoms. The van der Waals surface area contributed by atoms with Crippen molar-refractivity contribution in [2.75, 3.05) is 32.9 Å². The molecule has 5 heteroatoms. The van der Waals surface area contributed by atoms with Gasteiger partial charge in [0, 0.05) is 13.1 Å². The van der Waals surface area contributed by atoms with Crippen LogP contribution < -0.4 is 4.74 Å². The molecule has 1 fully saturated rings. The highest BCUT2D eigenvalue weighted by Crippen LogP contribution is 2.16. The van der Waals surface area contributed by atoms with E-state index in [-0.39, 0.29) is 12.5 Å². The van der Waals surface area contributed by atoms with Crippen molar-refractivity contribution in [1.29, 1.82) is 5.26 Å². The molecule has 1 aliphatic rings. The van der Waals surface area contributed by atoms with Crippen LogP contribution >= 0.6 is 0 Å². The van der Waals surface area contributed by atoms with Crippen LogP contribution in [0.2, 0.25) is 0 Å². The second-order valence-electron chi connectivity index (χ2n) is 3.89. The Bertz CT molecular complexity index is 462. The zero-order valence-electron chi connectivity index (χ0n) is 9.96. The van der Waals surface area contributed by atoms with Gasteiger partial charge in [0.25, 0.3) is 5.91 Å². The lowest BCUT2D eigenvalue weighted by atomic mass is 10.2. The van der Waals surface area contributed by atoms with Gasteiger partial charge in [-0.3, -0.25) is 4.79 Å². The Labute approximate surface area is 106 Å². The highest BCUT2D eigenvalue weighted by atomic mass is 16.5. The predicted molar refractivity (Wildman–Crippen MR) is 64.1 cm³/mol. The predicted octanol–water partition coefficient (Wildman–Crippen LogP) is 0.796. The van der Waals surface area contributed by atoms with Crippen molar-refractivity contribution in [3.8, 4) is 11.8 Å². The number of hydrogen-bond donors (Lipinski definition) is 0. The second kappa shape index (κ2) is 6.03. The standard InChI is InChI=1S/C13H14N2O3/c14-9-11-3-1-2-4-12(11)18-10-13(16)15-5-7-17-8-6-15/h1-4H,5-8,10H2. The summed E-state index contributed by atoms with van der Waals surface area (Å²) in [4.78, 5) is 13.5. The monoisotopic (exact) mass is 246 g/mol. The first-order valence-electron chi connectivity index (χ1n) is 5.78. The quantitative estimate of drug-likeness (QED) is 0.791. The molecule has 0 saturated carbocycles. The summed E-state index contributed by atoms with van der Waals surface area (Å²) < 4.78 is 10.6. The molecule has 0 N–H and O–H groups in total. The van der Waals surface area contributed by atoms with Gasteiger partial charge in [0.2, 0.25) is 0 Å². The summed E-state index contributed by atoms with van der Waals surface area (Å²) in [5, 5.41) is 8.89. The van der Waals surface area contributed by atoms with Gasteiger partial charge in [0.05, 0.1) is 18.8 Å². The van der Waals surface area contributed by atoms with Crippen LogP contribution in [-0.2, 0) is 9.53 Å².